The Bertz CT molecular complexity index is 290. The molecule has 118 valence electrons. The van der Waals surface area contributed by atoms with E-state index in [1.807, 2.05) is 27.9 Å². The number of hydrogen-bond donors (Lipinski definition) is 0. The predicted octanol–water partition coefficient (Wildman–Crippen LogP) is 0.108. The van der Waals surface area contributed by atoms with Crippen LogP contribution in [-0.2, 0) is 22.9 Å². The van der Waals surface area contributed by atoms with E-state index in [1.165, 1.54) is 25.7 Å². The zero-order valence-corrected chi connectivity index (χ0v) is 13.6. The third kappa shape index (κ3) is 9.34. The molecule has 0 saturated carbocycles. The maximum absolute atomic E-state index is 5.60. The molecule has 0 aliphatic rings. The van der Waals surface area contributed by atoms with Gasteiger partial charge >= 0.3 is 0 Å². The van der Waals surface area contributed by atoms with E-state index in [9.17, 15) is 0 Å². The van der Waals surface area contributed by atoms with Crippen molar-refractivity contribution in [3.63, 3.8) is 0 Å². The van der Waals surface area contributed by atoms with Crippen molar-refractivity contribution < 1.29 is 26.4 Å². The molecule has 0 aliphatic heterocycles. The molecular formula is C15H29ClN2O2. The van der Waals surface area contributed by atoms with Crippen molar-refractivity contribution in [2.75, 3.05) is 13.2 Å². The van der Waals surface area contributed by atoms with Crippen LogP contribution in [0.15, 0.2) is 18.7 Å². The van der Waals surface area contributed by atoms with Crippen LogP contribution in [0.25, 0.3) is 0 Å². The first-order chi connectivity index (χ1) is 9.36. The molecule has 0 unspecified atom stereocenters. The second-order valence-corrected chi connectivity index (χ2v) is 4.93. The van der Waals surface area contributed by atoms with Crippen molar-refractivity contribution in [1.82, 2.24) is 4.57 Å². The van der Waals surface area contributed by atoms with Gasteiger partial charge in [0.1, 0.15) is 12.4 Å². The summed E-state index contributed by atoms with van der Waals surface area (Å²) in [6.07, 6.45) is 13.3. The van der Waals surface area contributed by atoms with Crippen LogP contribution >= 0.6 is 0 Å². The summed E-state index contributed by atoms with van der Waals surface area (Å²) in [4.78, 5) is 0. The minimum atomic E-state index is 0. The number of halogens is 1. The lowest BCUT2D eigenvalue weighted by Gasteiger charge is -2.01. The number of unbranched alkanes of at least 4 members (excludes halogenated alkanes) is 4. The van der Waals surface area contributed by atoms with Crippen molar-refractivity contribution >= 4 is 0 Å². The van der Waals surface area contributed by atoms with Crippen molar-refractivity contribution in [1.29, 1.82) is 0 Å². The van der Waals surface area contributed by atoms with Crippen molar-refractivity contribution in [3.05, 3.63) is 18.7 Å². The largest absolute Gasteiger partial charge is 1.00 e. The summed E-state index contributed by atoms with van der Waals surface area (Å²) >= 11 is 0. The van der Waals surface area contributed by atoms with Crippen LogP contribution in [0.2, 0.25) is 0 Å². The average molecular weight is 305 g/mol. The van der Waals surface area contributed by atoms with Gasteiger partial charge in [-0.1, -0.05) is 39.5 Å². The Kier molecular flexibility index (Phi) is 13.0. The Hall–Kier alpha value is -0.580. The van der Waals surface area contributed by atoms with E-state index in [0.717, 1.165) is 26.1 Å². The fourth-order valence-electron chi connectivity index (χ4n) is 1.84. The van der Waals surface area contributed by atoms with Gasteiger partial charge in [0.05, 0.1) is 13.2 Å². The van der Waals surface area contributed by atoms with Gasteiger partial charge in [0.15, 0.2) is 13.5 Å². The van der Waals surface area contributed by atoms with Crippen LogP contribution in [0, 0.1) is 0 Å². The standard InChI is InChI=1S/C15H29N2O2.ClH/c1-3-5-7-11-18-14-16-9-10-17(13-16)15-19-12-8-6-4-2;/h9-10,13H,3-8,11-12,14-15H2,1-2H3;1H/q+1;/p-1. The summed E-state index contributed by atoms with van der Waals surface area (Å²) < 4.78 is 15.3. The molecule has 0 N–H and O–H groups in total. The lowest BCUT2D eigenvalue weighted by Crippen LogP contribution is -3.00. The first-order valence-electron chi connectivity index (χ1n) is 7.57. The highest BCUT2D eigenvalue weighted by molar-refractivity contribution is 4.63. The van der Waals surface area contributed by atoms with Gasteiger partial charge in [-0.25, -0.2) is 9.13 Å². The Morgan fingerprint density at radius 1 is 0.950 bits per heavy atom. The monoisotopic (exact) mass is 304 g/mol. The molecule has 20 heavy (non-hydrogen) atoms. The van der Waals surface area contributed by atoms with Gasteiger partial charge in [-0.2, -0.15) is 0 Å². The lowest BCUT2D eigenvalue weighted by atomic mass is 10.3. The van der Waals surface area contributed by atoms with E-state index >= 15 is 0 Å². The molecular weight excluding hydrogens is 276 g/mol. The van der Waals surface area contributed by atoms with Crippen LogP contribution in [0.3, 0.4) is 0 Å². The molecule has 4 nitrogen and oxygen atoms in total. The van der Waals surface area contributed by atoms with Gasteiger partial charge in [-0.15, -0.1) is 0 Å². The van der Waals surface area contributed by atoms with Gasteiger partial charge in [0, 0.05) is 0 Å². The first-order valence-corrected chi connectivity index (χ1v) is 7.57. The van der Waals surface area contributed by atoms with Crippen LogP contribution in [0.5, 0.6) is 0 Å². The summed E-state index contributed by atoms with van der Waals surface area (Å²) in [5.41, 5.74) is 0. The van der Waals surface area contributed by atoms with E-state index < -0.39 is 0 Å². The van der Waals surface area contributed by atoms with E-state index in [2.05, 4.69) is 13.8 Å². The van der Waals surface area contributed by atoms with E-state index in [0.29, 0.717) is 13.5 Å². The number of hydrogen-bond acceptors (Lipinski definition) is 2. The topological polar surface area (TPSA) is 27.3 Å². The third-order valence-electron chi connectivity index (χ3n) is 3.01. The number of aromatic nitrogens is 2. The second kappa shape index (κ2) is 13.4. The molecule has 1 rings (SSSR count). The summed E-state index contributed by atoms with van der Waals surface area (Å²) in [6, 6.07) is 0. The molecule has 0 aromatic carbocycles. The van der Waals surface area contributed by atoms with Crippen LogP contribution in [0.4, 0.5) is 0 Å². The molecule has 0 amide bonds. The molecule has 0 atom stereocenters. The normalized spacial score (nSPS) is 10.5. The second-order valence-electron chi connectivity index (χ2n) is 4.93. The highest BCUT2D eigenvalue weighted by Crippen LogP contribution is 1.96. The molecule has 1 heterocycles. The van der Waals surface area contributed by atoms with Crippen LogP contribution in [-0.4, -0.2) is 17.8 Å². The zero-order chi connectivity index (χ0) is 13.8. The molecule has 1 aromatic rings. The van der Waals surface area contributed by atoms with Crippen LogP contribution in [0.1, 0.15) is 52.4 Å². The molecule has 0 radical (unpaired) electrons. The van der Waals surface area contributed by atoms with E-state index in [4.69, 9.17) is 9.47 Å². The molecule has 0 fully saturated rings. The Morgan fingerprint density at radius 2 is 1.60 bits per heavy atom. The molecule has 0 spiro atoms. The Morgan fingerprint density at radius 3 is 2.25 bits per heavy atom. The number of ether oxygens (including phenoxy) is 2. The summed E-state index contributed by atoms with van der Waals surface area (Å²) in [5, 5.41) is 0. The first kappa shape index (κ1) is 19.4. The molecule has 0 aliphatic carbocycles. The quantitative estimate of drug-likeness (QED) is 0.405. The van der Waals surface area contributed by atoms with Gasteiger partial charge in [-0.05, 0) is 12.8 Å². The van der Waals surface area contributed by atoms with Gasteiger partial charge in [0.2, 0.25) is 6.33 Å². The fourth-order valence-corrected chi connectivity index (χ4v) is 1.84. The number of imidazole rings is 1. The lowest BCUT2D eigenvalue weighted by molar-refractivity contribution is -0.732. The highest BCUT2D eigenvalue weighted by atomic mass is 35.5. The predicted molar refractivity (Wildman–Crippen MR) is 75.6 cm³/mol. The zero-order valence-electron chi connectivity index (χ0n) is 12.9. The Labute approximate surface area is 129 Å². The average Bonchev–Trinajstić information content (AvgIpc) is 2.86. The summed E-state index contributed by atoms with van der Waals surface area (Å²) in [5.74, 6) is 0. The SMILES string of the molecule is CCCCCOCn1cc[n+](COCCCCC)c1.[Cl-]. The summed E-state index contributed by atoms with van der Waals surface area (Å²) in [7, 11) is 0. The van der Waals surface area contributed by atoms with E-state index in [1.54, 1.807) is 0 Å². The molecule has 0 bridgehead atoms. The molecule has 1 aromatic heterocycles. The maximum Gasteiger partial charge on any atom is 0.247 e. The van der Waals surface area contributed by atoms with Gasteiger partial charge in [-0.3, -0.25) is 0 Å². The van der Waals surface area contributed by atoms with Crippen molar-refractivity contribution in [3.8, 4) is 0 Å². The molecule has 0 saturated heterocycles. The fraction of sp³-hybridized carbons (Fsp3) is 0.800. The van der Waals surface area contributed by atoms with Gasteiger partial charge < -0.3 is 21.9 Å². The number of nitrogens with zero attached hydrogens (tertiary/aromatic N) is 2. The van der Waals surface area contributed by atoms with Crippen molar-refractivity contribution in [2.45, 2.75) is 65.8 Å². The number of rotatable bonds is 12. The Balaban J connectivity index is 0.00000361. The maximum atomic E-state index is 5.60. The van der Waals surface area contributed by atoms with Gasteiger partial charge in [0.25, 0.3) is 0 Å². The van der Waals surface area contributed by atoms with Crippen molar-refractivity contribution in [2.24, 2.45) is 0 Å². The highest BCUT2D eigenvalue weighted by Gasteiger charge is 2.03. The smallest absolute Gasteiger partial charge is 0.247 e. The third-order valence-corrected chi connectivity index (χ3v) is 3.01. The minimum Gasteiger partial charge on any atom is -1.00 e. The minimum absolute atomic E-state index is 0. The van der Waals surface area contributed by atoms with Crippen LogP contribution < -0.4 is 17.0 Å². The molecule has 5 heteroatoms. The summed E-state index contributed by atoms with van der Waals surface area (Å²) in [6.45, 7) is 7.36. The van der Waals surface area contributed by atoms with E-state index in [-0.39, 0.29) is 12.4 Å².